The van der Waals surface area contributed by atoms with Crippen LogP contribution in [0.5, 0.6) is 0 Å². The molecule has 5 heteroatoms. The van der Waals surface area contributed by atoms with Gasteiger partial charge in [0.2, 0.25) is 0 Å². The van der Waals surface area contributed by atoms with Crippen molar-refractivity contribution in [2.24, 2.45) is 0 Å². The Morgan fingerprint density at radius 3 is 2.89 bits per heavy atom. The number of benzene rings is 1. The van der Waals surface area contributed by atoms with Crippen molar-refractivity contribution in [3.8, 4) is 0 Å². The molecule has 0 unspecified atom stereocenters. The van der Waals surface area contributed by atoms with Crippen molar-refractivity contribution in [1.82, 2.24) is 9.97 Å². The van der Waals surface area contributed by atoms with Crippen LogP contribution in [-0.2, 0) is 0 Å². The van der Waals surface area contributed by atoms with Gasteiger partial charge in [-0.1, -0.05) is 11.6 Å². The first-order valence-corrected chi connectivity index (χ1v) is 6.05. The highest BCUT2D eigenvalue weighted by atomic mass is 35.5. The van der Waals surface area contributed by atoms with Crippen LogP contribution in [0.4, 0.5) is 5.69 Å². The van der Waals surface area contributed by atoms with Crippen LogP contribution in [0.15, 0.2) is 42.9 Å². The number of nitrogens with one attached hydrogen (secondary N) is 1. The number of anilines is 1. The predicted molar refractivity (Wildman–Crippen MR) is 75.4 cm³/mol. The summed E-state index contributed by atoms with van der Waals surface area (Å²) in [6.45, 7) is 0. The zero-order valence-corrected chi connectivity index (χ0v) is 10.6. The van der Waals surface area contributed by atoms with E-state index in [4.69, 9.17) is 17.3 Å². The number of ketones is 1. The van der Waals surface area contributed by atoms with Gasteiger partial charge in [-0.2, -0.15) is 0 Å². The molecule has 0 saturated heterocycles. The van der Waals surface area contributed by atoms with Crippen molar-refractivity contribution >= 4 is 34.0 Å². The molecule has 0 aliphatic rings. The number of nitrogens with zero attached hydrogens (tertiary/aromatic N) is 1. The number of hydrogen-bond acceptors (Lipinski definition) is 3. The molecule has 0 aliphatic carbocycles. The summed E-state index contributed by atoms with van der Waals surface area (Å²) in [4.78, 5) is 19.6. The van der Waals surface area contributed by atoms with Crippen LogP contribution in [0.3, 0.4) is 0 Å². The molecule has 0 atom stereocenters. The fourth-order valence-corrected chi connectivity index (χ4v) is 2.29. The van der Waals surface area contributed by atoms with E-state index >= 15 is 0 Å². The maximum absolute atomic E-state index is 12.5. The van der Waals surface area contributed by atoms with Gasteiger partial charge in [-0.15, -0.1) is 0 Å². The quantitative estimate of drug-likeness (QED) is 0.556. The summed E-state index contributed by atoms with van der Waals surface area (Å²) in [5.41, 5.74) is 8.00. The molecule has 2 heterocycles. The lowest BCUT2D eigenvalue weighted by Crippen LogP contribution is -2.02. The van der Waals surface area contributed by atoms with Gasteiger partial charge in [-0.3, -0.25) is 9.78 Å². The first kappa shape index (κ1) is 11.7. The zero-order valence-electron chi connectivity index (χ0n) is 9.85. The lowest BCUT2D eigenvalue weighted by Gasteiger charge is -2.03. The Bertz CT molecular complexity index is 779. The largest absolute Gasteiger partial charge is 0.399 e. The average molecular weight is 272 g/mol. The summed E-state index contributed by atoms with van der Waals surface area (Å²) < 4.78 is 0. The first-order chi connectivity index (χ1) is 9.16. The molecule has 3 N–H and O–H groups in total. The van der Waals surface area contributed by atoms with Crippen molar-refractivity contribution in [2.75, 3.05) is 5.73 Å². The highest BCUT2D eigenvalue weighted by Crippen LogP contribution is 2.25. The van der Waals surface area contributed by atoms with Crippen molar-refractivity contribution in [3.63, 3.8) is 0 Å². The Morgan fingerprint density at radius 1 is 1.26 bits per heavy atom. The van der Waals surface area contributed by atoms with Crippen molar-refractivity contribution in [1.29, 1.82) is 0 Å². The Morgan fingerprint density at radius 2 is 2.11 bits per heavy atom. The third-order valence-electron chi connectivity index (χ3n) is 2.97. The number of carbonyl (C=O) groups excluding carboxylic acids is 1. The van der Waals surface area contributed by atoms with Gasteiger partial charge in [0, 0.05) is 46.3 Å². The van der Waals surface area contributed by atoms with Crippen LogP contribution in [0, 0.1) is 0 Å². The minimum absolute atomic E-state index is 0.149. The van der Waals surface area contributed by atoms with Crippen LogP contribution < -0.4 is 5.73 Å². The molecule has 4 nitrogen and oxygen atoms in total. The Kier molecular flexibility index (Phi) is 2.72. The first-order valence-electron chi connectivity index (χ1n) is 5.67. The van der Waals surface area contributed by atoms with Gasteiger partial charge in [-0.05, 0) is 24.3 Å². The van der Waals surface area contributed by atoms with E-state index in [1.807, 2.05) is 6.07 Å². The maximum atomic E-state index is 12.5. The highest BCUT2D eigenvalue weighted by molar-refractivity contribution is 6.35. The summed E-state index contributed by atoms with van der Waals surface area (Å²) in [7, 11) is 0. The van der Waals surface area contributed by atoms with Crippen molar-refractivity contribution in [2.45, 2.75) is 0 Å². The number of carbonyl (C=O) groups is 1. The van der Waals surface area contributed by atoms with E-state index < -0.39 is 0 Å². The molecular weight excluding hydrogens is 262 g/mol. The van der Waals surface area contributed by atoms with Crippen LogP contribution in [0.1, 0.15) is 15.9 Å². The number of nitrogens with two attached hydrogens (primary N) is 1. The van der Waals surface area contributed by atoms with Gasteiger partial charge in [0.15, 0.2) is 5.78 Å². The molecule has 0 fully saturated rings. The number of aromatic amines is 1. The molecule has 19 heavy (non-hydrogen) atoms. The van der Waals surface area contributed by atoms with E-state index in [1.54, 1.807) is 36.8 Å². The number of H-pyrrole nitrogens is 1. The summed E-state index contributed by atoms with van der Waals surface area (Å²) >= 11 is 6.07. The highest BCUT2D eigenvalue weighted by Gasteiger charge is 2.16. The zero-order chi connectivity index (χ0) is 13.4. The van der Waals surface area contributed by atoms with Gasteiger partial charge >= 0.3 is 0 Å². The smallest absolute Gasteiger partial charge is 0.196 e. The third kappa shape index (κ3) is 1.96. The maximum Gasteiger partial charge on any atom is 0.196 e. The summed E-state index contributed by atoms with van der Waals surface area (Å²) in [5, 5.41) is 1.13. The molecule has 3 aromatic rings. The fraction of sp³-hybridized carbons (Fsp3) is 0. The predicted octanol–water partition coefficient (Wildman–Crippen LogP) is 3.03. The molecule has 0 amide bonds. The molecule has 0 bridgehead atoms. The number of pyridine rings is 1. The van der Waals surface area contributed by atoms with E-state index in [0.717, 1.165) is 10.9 Å². The van der Waals surface area contributed by atoms with E-state index in [2.05, 4.69) is 9.97 Å². The molecule has 1 aromatic carbocycles. The van der Waals surface area contributed by atoms with E-state index in [-0.39, 0.29) is 5.78 Å². The molecule has 0 saturated carbocycles. The van der Waals surface area contributed by atoms with Crippen LogP contribution in [0.2, 0.25) is 5.02 Å². The molecule has 2 aromatic heterocycles. The monoisotopic (exact) mass is 271 g/mol. The van der Waals surface area contributed by atoms with E-state index in [0.29, 0.717) is 21.8 Å². The number of rotatable bonds is 2. The third-order valence-corrected chi connectivity index (χ3v) is 3.28. The van der Waals surface area contributed by atoms with Crippen molar-refractivity contribution < 1.29 is 4.79 Å². The number of nitrogen functional groups attached to an aromatic ring is 1. The lowest BCUT2D eigenvalue weighted by molar-refractivity contribution is 0.104. The molecule has 3 rings (SSSR count). The van der Waals surface area contributed by atoms with Crippen LogP contribution in [0.25, 0.3) is 10.9 Å². The molecular formula is C14H10ClN3O. The second kappa shape index (κ2) is 4.40. The Labute approximate surface area is 114 Å². The molecule has 0 radical (unpaired) electrons. The Balaban J connectivity index is 2.13. The second-order valence-electron chi connectivity index (χ2n) is 4.19. The minimum atomic E-state index is -0.149. The number of halogens is 1. The topological polar surface area (TPSA) is 71.8 Å². The summed E-state index contributed by atoms with van der Waals surface area (Å²) in [6, 6.07) is 6.68. The van der Waals surface area contributed by atoms with E-state index in [9.17, 15) is 4.79 Å². The second-order valence-corrected chi connectivity index (χ2v) is 4.60. The number of hydrogen-bond donors (Lipinski definition) is 2. The molecule has 94 valence electrons. The summed E-state index contributed by atoms with van der Waals surface area (Å²) in [6.07, 6.45) is 4.99. The number of fused-ring (bicyclic) bond motifs is 1. The lowest BCUT2D eigenvalue weighted by atomic mass is 10.0. The number of aromatic nitrogens is 2. The molecule has 0 spiro atoms. The Hall–Kier alpha value is -2.33. The van der Waals surface area contributed by atoms with Crippen LogP contribution >= 0.6 is 11.6 Å². The van der Waals surface area contributed by atoms with Crippen LogP contribution in [-0.4, -0.2) is 15.8 Å². The fourth-order valence-electron chi connectivity index (χ4n) is 2.01. The molecule has 0 aliphatic heterocycles. The van der Waals surface area contributed by atoms with Gasteiger partial charge in [0.1, 0.15) is 0 Å². The van der Waals surface area contributed by atoms with Gasteiger partial charge < -0.3 is 10.7 Å². The SMILES string of the molecule is Nc1ccc(C(=O)c2c[nH]c3ccncc23)c(Cl)c1. The summed E-state index contributed by atoms with van der Waals surface area (Å²) in [5.74, 6) is -0.149. The minimum Gasteiger partial charge on any atom is -0.399 e. The van der Waals surface area contributed by atoms with Gasteiger partial charge in [-0.25, -0.2) is 0 Å². The average Bonchev–Trinajstić information content (AvgIpc) is 2.82. The van der Waals surface area contributed by atoms with Gasteiger partial charge in [0.05, 0.1) is 5.02 Å². The van der Waals surface area contributed by atoms with Gasteiger partial charge in [0.25, 0.3) is 0 Å². The van der Waals surface area contributed by atoms with E-state index in [1.165, 1.54) is 0 Å². The standard InChI is InChI=1S/C14H10ClN3O/c15-12-5-8(16)1-2-9(12)14(19)11-7-18-13-3-4-17-6-10(11)13/h1-7,18H,16H2. The normalized spacial score (nSPS) is 10.8. The van der Waals surface area contributed by atoms with Crippen molar-refractivity contribution in [3.05, 3.63) is 59.0 Å².